The van der Waals surface area contributed by atoms with E-state index in [2.05, 4.69) is 10.2 Å². The molecule has 0 amide bonds. The van der Waals surface area contributed by atoms with Gasteiger partial charge in [0, 0.05) is 6.42 Å². The van der Waals surface area contributed by atoms with Crippen LogP contribution >= 0.6 is 0 Å². The maximum absolute atomic E-state index is 9.81. The quantitative estimate of drug-likeness (QED) is 0.840. The van der Waals surface area contributed by atoms with Gasteiger partial charge in [0.25, 0.3) is 0 Å². The van der Waals surface area contributed by atoms with Gasteiger partial charge in [-0.05, 0) is 30.5 Å². The van der Waals surface area contributed by atoms with Crippen molar-refractivity contribution in [3.63, 3.8) is 0 Å². The highest BCUT2D eigenvalue weighted by atomic mass is 16.3. The van der Waals surface area contributed by atoms with Crippen LogP contribution in [-0.2, 0) is 6.42 Å². The maximum Gasteiger partial charge on any atom is 0.0856 e. The van der Waals surface area contributed by atoms with Crippen LogP contribution in [0.1, 0.15) is 18.4 Å². The summed E-state index contributed by atoms with van der Waals surface area (Å²) in [5.41, 5.74) is 1.68. The predicted molar refractivity (Wildman–Crippen MR) is 59.2 cm³/mol. The summed E-state index contributed by atoms with van der Waals surface area (Å²) >= 11 is 0. The van der Waals surface area contributed by atoms with Gasteiger partial charge >= 0.3 is 0 Å². The van der Waals surface area contributed by atoms with Gasteiger partial charge < -0.3 is 5.11 Å². The summed E-state index contributed by atoms with van der Waals surface area (Å²) in [7, 11) is 0. The molecule has 0 bridgehead atoms. The fourth-order valence-electron chi connectivity index (χ4n) is 1.80. The number of hydrogen-bond acceptors (Lipinski definition) is 3. The molecule has 4 nitrogen and oxygen atoms in total. The van der Waals surface area contributed by atoms with Crippen molar-refractivity contribution in [2.75, 3.05) is 0 Å². The number of hydrogen-bond donors (Lipinski definition) is 1. The number of rotatable bonds is 3. The van der Waals surface area contributed by atoms with Crippen LogP contribution < -0.4 is 0 Å². The Labute approximate surface area is 93.5 Å². The molecular formula is C12H13N3O. The molecule has 4 heteroatoms. The Hall–Kier alpha value is -1.68. The van der Waals surface area contributed by atoms with Gasteiger partial charge in [-0.1, -0.05) is 12.1 Å². The van der Waals surface area contributed by atoms with Gasteiger partial charge in [0.2, 0.25) is 0 Å². The number of aromatic nitrogens is 3. The van der Waals surface area contributed by atoms with E-state index in [0.717, 1.165) is 30.5 Å². The van der Waals surface area contributed by atoms with Gasteiger partial charge in [-0.25, -0.2) is 0 Å². The van der Waals surface area contributed by atoms with Crippen molar-refractivity contribution in [1.29, 1.82) is 0 Å². The second kappa shape index (κ2) is 3.42. The normalized spacial score (nSPS) is 17.3. The van der Waals surface area contributed by atoms with E-state index >= 15 is 0 Å². The third-order valence-electron chi connectivity index (χ3n) is 2.95. The second-order valence-corrected chi connectivity index (χ2v) is 4.39. The first-order valence-electron chi connectivity index (χ1n) is 5.43. The summed E-state index contributed by atoms with van der Waals surface area (Å²) in [5.74, 6) is 0. The van der Waals surface area contributed by atoms with Crippen molar-refractivity contribution in [2.45, 2.75) is 24.9 Å². The maximum atomic E-state index is 9.81. The van der Waals surface area contributed by atoms with Gasteiger partial charge in [-0.15, -0.1) is 0 Å². The molecule has 0 atom stereocenters. The molecular weight excluding hydrogens is 202 g/mol. The molecule has 1 saturated carbocycles. The van der Waals surface area contributed by atoms with E-state index in [1.54, 1.807) is 17.2 Å². The Morgan fingerprint density at radius 1 is 1.12 bits per heavy atom. The van der Waals surface area contributed by atoms with E-state index in [-0.39, 0.29) is 0 Å². The van der Waals surface area contributed by atoms with Crippen LogP contribution in [0.15, 0.2) is 36.7 Å². The Bertz CT molecular complexity index is 471. The fourth-order valence-corrected chi connectivity index (χ4v) is 1.80. The molecule has 82 valence electrons. The first-order valence-corrected chi connectivity index (χ1v) is 5.43. The molecule has 3 rings (SSSR count). The average Bonchev–Trinajstić information content (AvgIpc) is 2.83. The first kappa shape index (κ1) is 9.54. The third kappa shape index (κ3) is 1.84. The highest BCUT2D eigenvalue weighted by molar-refractivity contribution is 5.33. The molecule has 1 aromatic heterocycles. The Balaban J connectivity index is 1.80. The van der Waals surface area contributed by atoms with Crippen LogP contribution in [0.25, 0.3) is 5.69 Å². The highest BCUT2D eigenvalue weighted by Crippen LogP contribution is 2.38. The van der Waals surface area contributed by atoms with Crippen molar-refractivity contribution in [3.05, 3.63) is 42.2 Å². The van der Waals surface area contributed by atoms with Crippen LogP contribution in [0.4, 0.5) is 0 Å². The standard InChI is InChI=1S/C12H13N3O/c16-12(5-6-12)9-10-1-3-11(4-2-10)15-13-7-8-14-15/h1-4,7-8,16H,5-6,9H2. The lowest BCUT2D eigenvalue weighted by Gasteiger charge is -2.07. The van der Waals surface area contributed by atoms with Gasteiger partial charge in [-0.3, -0.25) is 0 Å². The first-order chi connectivity index (χ1) is 7.75. The zero-order valence-electron chi connectivity index (χ0n) is 8.87. The van der Waals surface area contributed by atoms with Crippen molar-refractivity contribution < 1.29 is 5.11 Å². The van der Waals surface area contributed by atoms with Crippen LogP contribution in [0, 0.1) is 0 Å². The van der Waals surface area contributed by atoms with Gasteiger partial charge in [-0.2, -0.15) is 15.0 Å². The fraction of sp³-hybridized carbons (Fsp3) is 0.333. The minimum atomic E-state index is -0.425. The summed E-state index contributed by atoms with van der Waals surface area (Å²) in [6.45, 7) is 0. The third-order valence-corrected chi connectivity index (χ3v) is 2.95. The summed E-state index contributed by atoms with van der Waals surface area (Å²) < 4.78 is 0. The second-order valence-electron chi connectivity index (χ2n) is 4.39. The Morgan fingerprint density at radius 3 is 2.31 bits per heavy atom. The van der Waals surface area contributed by atoms with Crippen LogP contribution in [0.3, 0.4) is 0 Å². The average molecular weight is 215 g/mol. The van der Waals surface area contributed by atoms with E-state index in [9.17, 15) is 5.11 Å². The minimum absolute atomic E-state index is 0.425. The smallest absolute Gasteiger partial charge is 0.0856 e. The largest absolute Gasteiger partial charge is 0.390 e. The Morgan fingerprint density at radius 2 is 1.75 bits per heavy atom. The number of nitrogens with zero attached hydrogens (tertiary/aromatic N) is 3. The molecule has 0 spiro atoms. The molecule has 1 fully saturated rings. The molecule has 0 aliphatic heterocycles. The van der Waals surface area contributed by atoms with E-state index < -0.39 is 5.60 Å². The zero-order chi connectivity index (χ0) is 11.0. The minimum Gasteiger partial charge on any atom is -0.390 e. The molecule has 1 heterocycles. The molecule has 0 radical (unpaired) electrons. The van der Waals surface area contributed by atoms with Gasteiger partial charge in [0.05, 0.1) is 23.7 Å². The lowest BCUT2D eigenvalue weighted by molar-refractivity contribution is 0.151. The molecule has 1 aliphatic carbocycles. The summed E-state index contributed by atoms with van der Waals surface area (Å²) in [6, 6.07) is 7.99. The van der Waals surface area contributed by atoms with E-state index in [4.69, 9.17) is 0 Å². The molecule has 16 heavy (non-hydrogen) atoms. The monoisotopic (exact) mass is 215 g/mol. The lowest BCUT2D eigenvalue weighted by Crippen LogP contribution is -2.10. The topological polar surface area (TPSA) is 50.9 Å². The van der Waals surface area contributed by atoms with Gasteiger partial charge in [0.1, 0.15) is 0 Å². The van der Waals surface area contributed by atoms with E-state index in [0.29, 0.717) is 0 Å². The predicted octanol–water partition coefficient (Wildman–Crippen LogP) is 1.33. The van der Waals surface area contributed by atoms with E-state index in [1.165, 1.54) is 0 Å². The van der Waals surface area contributed by atoms with Crippen molar-refractivity contribution in [3.8, 4) is 5.69 Å². The zero-order valence-corrected chi connectivity index (χ0v) is 8.87. The van der Waals surface area contributed by atoms with Crippen molar-refractivity contribution in [1.82, 2.24) is 15.0 Å². The number of aliphatic hydroxyl groups is 1. The van der Waals surface area contributed by atoms with Crippen LogP contribution in [0.2, 0.25) is 0 Å². The number of benzene rings is 1. The van der Waals surface area contributed by atoms with Gasteiger partial charge in [0.15, 0.2) is 0 Å². The molecule has 0 unspecified atom stereocenters. The van der Waals surface area contributed by atoms with Crippen molar-refractivity contribution in [2.24, 2.45) is 0 Å². The molecule has 1 N–H and O–H groups in total. The van der Waals surface area contributed by atoms with Crippen LogP contribution in [0.5, 0.6) is 0 Å². The molecule has 1 aromatic carbocycles. The summed E-state index contributed by atoms with van der Waals surface area (Å²) in [6.07, 6.45) is 5.91. The summed E-state index contributed by atoms with van der Waals surface area (Å²) in [4.78, 5) is 1.58. The Kier molecular flexibility index (Phi) is 2.04. The van der Waals surface area contributed by atoms with Crippen LogP contribution in [-0.4, -0.2) is 25.7 Å². The lowest BCUT2D eigenvalue weighted by atomic mass is 10.1. The SMILES string of the molecule is OC1(Cc2ccc(-n3nccn3)cc2)CC1. The molecule has 0 saturated heterocycles. The van der Waals surface area contributed by atoms with Crippen molar-refractivity contribution >= 4 is 0 Å². The van der Waals surface area contributed by atoms with E-state index in [1.807, 2.05) is 24.3 Å². The molecule has 2 aromatic rings. The highest BCUT2D eigenvalue weighted by Gasteiger charge is 2.39. The summed E-state index contributed by atoms with van der Waals surface area (Å²) in [5, 5.41) is 17.9. The molecule has 1 aliphatic rings.